The van der Waals surface area contributed by atoms with Gasteiger partial charge in [-0.05, 0) is 31.4 Å². The first-order valence-electron chi connectivity index (χ1n) is 7.83. The summed E-state index contributed by atoms with van der Waals surface area (Å²) in [4.78, 5) is 12.5. The van der Waals surface area contributed by atoms with Crippen molar-refractivity contribution in [2.24, 2.45) is 5.92 Å². The lowest BCUT2D eigenvalue weighted by Gasteiger charge is -2.11. The largest absolute Gasteiger partial charge is 0.294 e. The molecule has 21 heavy (non-hydrogen) atoms. The van der Waals surface area contributed by atoms with Gasteiger partial charge in [0.1, 0.15) is 0 Å². The molecule has 1 rings (SSSR count). The van der Waals surface area contributed by atoms with Crippen LogP contribution in [0.3, 0.4) is 0 Å². The molecule has 0 aliphatic rings. The molecule has 1 aromatic rings. The molecule has 0 saturated carbocycles. The van der Waals surface area contributed by atoms with Crippen LogP contribution in [0.25, 0.3) is 0 Å². The van der Waals surface area contributed by atoms with Gasteiger partial charge in [0.2, 0.25) is 0 Å². The van der Waals surface area contributed by atoms with Crippen molar-refractivity contribution in [2.75, 3.05) is 5.75 Å². The van der Waals surface area contributed by atoms with Crippen LogP contribution in [0.4, 0.5) is 0 Å². The maximum Gasteiger partial charge on any atom is 0.178 e. The number of hydrogen-bond donors (Lipinski definition) is 0. The summed E-state index contributed by atoms with van der Waals surface area (Å²) in [6.07, 6.45) is 4.23. The van der Waals surface area contributed by atoms with Gasteiger partial charge in [-0.3, -0.25) is 4.79 Å². The first kappa shape index (κ1) is 17.9. The third-order valence-electron chi connectivity index (χ3n) is 3.87. The second-order valence-electron chi connectivity index (χ2n) is 5.43. The van der Waals surface area contributed by atoms with Gasteiger partial charge in [-0.1, -0.05) is 45.7 Å². The fourth-order valence-electron chi connectivity index (χ4n) is 2.38. The number of carbonyl (C=O) groups excluding carboxylic acids is 1. The van der Waals surface area contributed by atoms with Gasteiger partial charge in [0.15, 0.2) is 15.6 Å². The van der Waals surface area contributed by atoms with Crippen LogP contribution in [-0.2, 0) is 9.84 Å². The number of Topliss-reactive ketones (excluding diaryl/α,β-unsaturated/α-hetero) is 1. The van der Waals surface area contributed by atoms with Gasteiger partial charge in [0.05, 0.1) is 10.6 Å². The van der Waals surface area contributed by atoms with Crippen molar-refractivity contribution in [3.63, 3.8) is 0 Å². The molecule has 0 aromatic heterocycles. The summed E-state index contributed by atoms with van der Waals surface area (Å²) < 4.78 is 24.3. The highest BCUT2D eigenvalue weighted by Crippen LogP contribution is 2.19. The van der Waals surface area contributed by atoms with E-state index in [1.807, 2.05) is 20.8 Å². The minimum absolute atomic E-state index is 0.0250. The molecule has 4 heteroatoms. The minimum Gasteiger partial charge on any atom is -0.294 e. The van der Waals surface area contributed by atoms with Crippen LogP contribution < -0.4 is 0 Å². The zero-order valence-electron chi connectivity index (χ0n) is 13.3. The van der Waals surface area contributed by atoms with Crippen molar-refractivity contribution in [3.05, 3.63) is 29.8 Å². The number of sulfone groups is 1. The maximum absolute atomic E-state index is 12.2. The van der Waals surface area contributed by atoms with Gasteiger partial charge in [-0.2, -0.15) is 0 Å². The van der Waals surface area contributed by atoms with Crippen LogP contribution in [-0.4, -0.2) is 20.0 Å². The van der Waals surface area contributed by atoms with Gasteiger partial charge < -0.3 is 0 Å². The highest BCUT2D eigenvalue weighted by molar-refractivity contribution is 7.91. The van der Waals surface area contributed by atoms with Crippen molar-refractivity contribution in [2.45, 2.75) is 57.8 Å². The summed E-state index contributed by atoms with van der Waals surface area (Å²) in [5, 5.41) is 0. The average molecular weight is 310 g/mol. The Labute approximate surface area is 128 Å². The Morgan fingerprint density at radius 3 is 2.05 bits per heavy atom. The van der Waals surface area contributed by atoms with E-state index in [9.17, 15) is 13.2 Å². The maximum atomic E-state index is 12.2. The zero-order valence-corrected chi connectivity index (χ0v) is 14.1. The highest BCUT2D eigenvalue weighted by Gasteiger charge is 2.18. The number of ketones is 1. The van der Waals surface area contributed by atoms with Crippen LogP contribution in [0.15, 0.2) is 29.2 Å². The molecule has 0 amide bonds. The molecule has 0 heterocycles. The summed E-state index contributed by atoms with van der Waals surface area (Å²) in [6.45, 7) is 6.04. The SMILES string of the molecule is CCCCCS(=O)(=O)c1ccc(C(=O)C(CC)CC)cc1. The summed E-state index contributed by atoms with van der Waals surface area (Å²) in [5.74, 6) is 0.313. The lowest BCUT2D eigenvalue weighted by Crippen LogP contribution is -2.13. The molecule has 0 atom stereocenters. The molecule has 0 aliphatic carbocycles. The quantitative estimate of drug-likeness (QED) is 0.505. The van der Waals surface area contributed by atoms with Gasteiger partial charge in [0.25, 0.3) is 0 Å². The molecule has 0 bridgehead atoms. The molecule has 0 N–H and O–H groups in total. The summed E-state index contributed by atoms with van der Waals surface area (Å²) >= 11 is 0. The van der Waals surface area contributed by atoms with Crippen molar-refractivity contribution in [1.29, 1.82) is 0 Å². The molecule has 0 saturated heterocycles. The van der Waals surface area contributed by atoms with E-state index in [0.717, 1.165) is 25.7 Å². The standard InChI is InChI=1S/C17H26O3S/c1-4-7-8-13-21(19,20)16-11-9-15(10-12-16)17(18)14(5-2)6-3/h9-12,14H,4-8,13H2,1-3H3. The van der Waals surface area contributed by atoms with Gasteiger partial charge in [-0.25, -0.2) is 8.42 Å². The Kier molecular flexibility index (Phi) is 7.09. The molecule has 0 fully saturated rings. The van der Waals surface area contributed by atoms with E-state index in [1.54, 1.807) is 24.3 Å². The first-order valence-corrected chi connectivity index (χ1v) is 9.48. The summed E-state index contributed by atoms with van der Waals surface area (Å²) in [5.41, 5.74) is 0.608. The van der Waals surface area contributed by atoms with Crippen molar-refractivity contribution < 1.29 is 13.2 Å². The third-order valence-corrected chi connectivity index (χ3v) is 5.69. The van der Waals surface area contributed by atoms with Crippen molar-refractivity contribution in [3.8, 4) is 0 Å². The Balaban J connectivity index is 2.84. The molecule has 0 aliphatic heterocycles. The normalized spacial score (nSPS) is 11.8. The van der Waals surface area contributed by atoms with E-state index in [-0.39, 0.29) is 17.5 Å². The lowest BCUT2D eigenvalue weighted by molar-refractivity contribution is 0.0913. The number of rotatable bonds is 9. The zero-order chi connectivity index (χ0) is 15.9. The first-order chi connectivity index (χ1) is 9.96. The van der Waals surface area contributed by atoms with E-state index >= 15 is 0 Å². The van der Waals surface area contributed by atoms with E-state index in [4.69, 9.17) is 0 Å². The van der Waals surface area contributed by atoms with Gasteiger partial charge >= 0.3 is 0 Å². The number of benzene rings is 1. The predicted octanol–water partition coefficient (Wildman–Crippen LogP) is 4.27. The van der Waals surface area contributed by atoms with Gasteiger partial charge in [-0.15, -0.1) is 0 Å². The Hall–Kier alpha value is -1.16. The molecule has 3 nitrogen and oxygen atoms in total. The molecule has 0 spiro atoms. The van der Waals surface area contributed by atoms with Crippen molar-refractivity contribution in [1.82, 2.24) is 0 Å². The molecule has 0 unspecified atom stereocenters. The average Bonchev–Trinajstić information content (AvgIpc) is 2.48. The highest BCUT2D eigenvalue weighted by atomic mass is 32.2. The Bertz CT molecular complexity index is 540. The topological polar surface area (TPSA) is 51.2 Å². The molecule has 0 radical (unpaired) electrons. The number of carbonyl (C=O) groups is 1. The fraction of sp³-hybridized carbons (Fsp3) is 0.588. The fourth-order valence-corrected chi connectivity index (χ4v) is 3.75. The second kappa shape index (κ2) is 8.32. The number of unbranched alkanes of at least 4 members (excludes halogenated alkanes) is 2. The van der Waals surface area contributed by atoms with E-state index < -0.39 is 9.84 Å². The monoisotopic (exact) mass is 310 g/mol. The molecular weight excluding hydrogens is 284 g/mol. The Morgan fingerprint density at radius 1 is 1.00 bits per heavy atom. The minimum atomic E-state index is -3.22. The van der Waals surface area contributed by atoms with E-state index in [1.165, 1.54) is 0 Å². The van der Waals surface area contributed by atoms with Crippen LogP contribution in [0.5, 0.6) is 0 Å². The third kappa shape index (κ3) is 4.95. The Morgan fingerprint density at radius 2 is 1.57 bits per heavy atom. The summed E-state index contributed by atoms with van der Waals surface area (Å²) in [6, 6.07) is 6.43. The van der Waals surface area contributed by atoms with Crippen LogP contribution in [0.2, 0.25) is 0 Å². The van der Waals surface area contributed by atoms with Crippen molar-refractivity contribution >= 4 is 15.6 Å². The van der Waals surface area contributed by atoms with Gasteiger partial charge in [0, 0.05) is 11.5 Å². The summed E-state index contributed by atoms with van der Waals surface area (Å²) in [7, 11) is -3.22. The van der Waals surface area contributed by atoms with E-state index in [0.29, 0.717) is 16.9 Å². The van der Waals surface area contributed by atoms with Crippen LogP contribution in [0.1, 0.15) is 63.2 Å². The molecule has 1 aromatic carbocycles. The number of hydrogen-bond acceptors (Lipinski definition) is 3. The smallest absolute Gasteiger partial charge is 0.178 e. The van der Waals surface area contributed by atoms with Crippen LogP contribution >= 0.6 is 0 Å². The van der Waals surface area contributed by atoms with Crippen LogP contribution in [0, 0.1) is 5.92 Å². The predicted molar refractivity (Wildman–Crippen MR) is 86.4 cm³/mol. The van der Waals surface area contributed by atoms with E-state index in [2.05, 4.69) is 0 Å². The molecular formula is C17H26O3S. The molecule has 118 valence electrons. The second-order valence-corrected chi connectivity index (χ2v) is 7.54. The lowest BCUT2D eigenvalue weighted by atomic mass is 9.93.